The van der Waals surface area contributed by atoms with Crippen LogP contribution in [0.4, 0.5) is 0 Å². The third-order valence-corrected chi connectivity index (χ3v) is 2.36. The highest BCUT2D eigenvalue weighted by molar-refractivity contribution is 5.83. The average Bonchev–Trinajstić information content (AvgIpc) is 1.95. The van der Waals surface area contributed by atoms with E-state index in [4.69, 9.17) is 5.73 Å². The van der Waals surface area contributed by atoms with E-state index in [1.807, 2.05) is 6.92 Å². The van der Waals surface area contributed by atoms with Crippen molar-refractivity contribution >= 4 is 5.78 Å². The van der Waals surface area contributed by atoms with E-state index < -0.39 is 0 Å². The summed E-state index contributed by atoms with van der Waals surface area (Å²) in [5.41, 5.74) is 5.44. The van der Waals surface area contributed by atoms with E-state index in [0.29, 0.717) is 12.3 Å². The number of carbonyl (C=O) groups excluding carboxylic acids is 1. The molecule has 10 heavy (non-hydrogen) atoms. The third kappa shape index (κ3) is 1.37. The van der Waals surface area contributed by atoms with Crippen molar-refractivity contribution in [1.82, 2.24) is 0 Å². The van der Waals surface area contributed by atoms with E-state index in [2.05, 4.69) is 0 Å². The van der Waals surface area contributed by atoms with E-state index in [1.165, 1.54) is 6.42 Å². The Bertz CT molecular complexity index is 133. The molecule has 0 bridgehead atoms. The first-order chi connectivity index (χ1) is 4.75. The van der Waals surface area contributed by atoms with Crippen molar-refractivity contribution < 1.29 is 4.79 Å². The summed E-state index contributed by atoms with van der Waals surface area (Å²) in [5, 5.41) is 0. The second kappa shape index (κ2) is 3.15. The van der Waals surface area contributed by atoms with Crippen molar-refractivity contribution in [3.63, 3.8) is 0 Å². The van der Waals surface area contributed by atoms with Crippen molar-refractivity contribution in [2.24, 2.45) is 17.6 Å². The van der Waals surface area contributed by atoms with Gasteiger partial charge >= 0.3 is 0 Å². The summed E-state index contributed by atoms with van der Waals surface area (Å²) in [4.78, 5) is 11.3. The molecule has 1 aliphatic rings. The number of ketones is 1. The monoisotopic (exact) mass is 141 g/mol. The Kier molecular flexibility index (Phi) is 2.44. The smallest absolute Gasteiger partial charge is 0.140 e. The molecule has 1 aliphatic carbocycles. The summed E-state index contributed by atoms with van der Waals surface area (Å²) >= 11 is 0. The number of rotatable bonds is 1. The summed E-state index contributed by atoms with van der Waals surface area (Å²) in [6, 6.07) is 0. The van der Waals surface area contributed by atoms with E-state index >= 15 is 0 Å². The fourth-order valence-corrected chi connectivity index (χ4v) is 1.59. The summed E-state index contributed by atoms with van der Waals surface area (Å²) in [6.45, 7) is 2.55. The highest BCUT2D eigenvalue weighted by Crippen LogP contribution is 2.24. The fourth-order valence-electron chi connectivity index (χ4n) is 1.59. The molecule has 2 nitrogen and oxygen atoms in total. The molecule has 2 heteroatoms. The Balaban J connectivity index is 2.51. The van der Waals surface area contributed by atoms with E-state index in [1.54, 1.807) is 0 Å². The highest BCUT2D eigenvalue weighted by atomic mass is 16.1. The Labute approximate surface area is 61.8 Å². The summed E-state index contributed by atoms with van der Waals surface area (Å²) in [6.07, 6.45) is 3.25. The molecule has 0 amide bonds. The van der Waals surface area contributed by atoms with Crippen LogP contribution in [0, 0.1) is 11.8 Å². The molecule has 0 radical (unpaired) electrons. The molecule has 58 valence electrons. The minimum atomic E-state index is 0.170. The van der Waals surface area contributed by atoms with Crippen molar-refractivity contribution in [2.45, 2.75) is 26.2 Å². The van der Waals surface area contributed by atoms with E-state index in [0.717, 1.165) is 12.8 Å². The first kappa shape index (κ1) is 7.73. The standard InChI is InChI=1S/C8H15NO/c1-6-3-2-4-7(5-9)8(6)10/h6-7H,2-5,9H2,1H3. The fraction of sp³-hybridized carbons (Fsp3) is 0.875. The van der Waals surface area contributed by atoms with Crippen LogP contribution < -0.4 is 5.73 Å². The quantitative estimate of drug-likeness (QED) is 0.590. The van der Waals surface area contributed by atoms with Crippen LogP contribution in [0.5, 0.6) is 0 Å². The van der Waals surface area contributed by atoms with Crippen molar-refractivity contribution in [2.75, 3.05) is 6.54 Å². The lowest BCUT2D eigenvalue weighted by Gasteiger charge is -2.23. The van der Waals surface area contributed by atoms with Gasteiger partial charge < -0.3 is 5.73 Å². The predicted molar refractivity (Wildman–Crippen MR) is 40.6 cm³/mol. The Morgan fingerprint density at radius 2 is 2.30 bits per heavy atom. The summed E-state index contributed by atoms with van der Waals surface area (Å²) in [7, 11) is 0. The third-order valence-electron chi connectivity index (χ3n) is 2.36. The van der Waals surface area contributed by atoms with Gasteiger partial charge in [-0.1, -0.05) is 13.3 Å². The Morgan fingerprint density at radius 1 is 1.60 bits per heavy atom. The molecule has 2 unspecified atom stereocenters. The largest absolute Gasteiger partial charge is 0.330 e. The topological polar surface area (TPSA) is 43.1 Å². The van der Waals surface area contributed by atoms with Gasteiger partial charge in [-0.15, -0.1) is 0 Å². The molecule has 0 heterocycles. The zero-order valence-corrected chi connectivity index (χ0v) is 6.47. The lowest BCUT2D eigenvalue weighted by atomic mass is 9.81. The van der Waals surface area contributed by atoms with Crippen LogP contribution in [0.3, 0.4) is 0 Å². The SMILES string of the molecule is CC1CCCC(CN)C1=O. The lowest BCUT2D eigenvalue weighted by Crippen LogP contribution is -2.31. The van der Waals surface area contributed by atoms with Crippen molar-refractivity contribution in [1.29, 1.82) is 0 Å². The highest BCUT2D eigenvalue weighted by Gasteiger charge is 2.26. The lowest BCUT2D eigenvalue weighted by molar-refractivity contribution is -0.128. The molecule has 1 fully saturated rings. The zero-order chi connectivity index (χ0) is 7.56. The zero-order valence-electron chi connectivity index (χ0n) is 6.47. The molecule has 0 aromatic rings. The number of carbonyl (C=O) groups is 1. The van der Waals surface area contributed by atoms with Gasteiger partial charge in [0.1, 0.15) is 5.78 Å². The van der Waals surface area contributed by atoms with E-state index in [-0.39, 0.29) is 11.8 Å². The van der Waals surface area contributed by atoms with Crippen LogP contribution in [-0.4, -0.2) is 12.3 Å². The van der Waals surface area contributed by atoms with Crippen LogP contribution in [0.25, 0.3) is 0 Å². The van der Waals surface area contributed by atoms with Gasteiger partial charge in [-0.3, -0.25) is 4.79 Å². The summed E-state index contributed by atoms with van der Waals surface area (Å²) < 4.78 is 0. The maximum Gasteiger partial charge on any atom is 0.140 e. The Morgan fingerprint density at radius 3 is 2.80 bits per heavy atom. The van der Waals surface area contributed by atoms with Crippen LogP contribution in [0.1, 0.15) is 26.2 Å². The molecule has 0 saturated heterocycles. The van der Waals surface area contributed by atoms with Gasteiger partial charge in [0.05, 0.1) is 0 Å². The molecule has 0 aliphatic heterocycles. The maximum absolute atomic E-state index is 11.3. The number of Topliss-reactive ketones (excluding diaryl/α,β-unsaturated/α-hetero) is 1. The van der Waals surface area contributed by atoms with Gasteiger partial charge in [0, 0.05) is 18.4 Å². The minimum Gasteiger partial charge on any atom is -0.330 e. The van der Waals surface area contributed by atoms with Crippen molar-refractivity contribution in [3.8, 4) is 0 Å². The Hall–Kier alpha value is -0.370. The first-order valence-corrected chi connectivity index (χ1v) is 3.99. The number of nitrogens with two attached hydrogens (primary N) is 1. The van der Waals surface area contributed by atoms with Gasteiger partial charge in [0.25, 0.3) is 0 Å². The van der Waals surface area contributed by atoms with Gasteiger partial charge in [0.15, 0.2) is 0 Å². The molecule has 2 N–H and O–H groups in total. The predicted octanol–water partition coefficient (Wildman–Crippen LogP) is 0.950. The number of hydrogen-bond donors (Lipinski definition) is 1. The first-order valence-electron chi connectivity index (χ1n) is 3.99. The van der Waals surface area contributed by atoms with Gasteiger partial charge in [-0.2, -0.15) is 0 Å². The van der Waals surface area contributed by atoms with Gasteiger partial charge in [-0.25, -0.2) is 0 Å². The molecular formula is C8H15NO. The molecule has 1 saturated carbocycles. The second-order valence-corrected chi connectivity index (χ2v) is 3.17. The van der Waals surface area contributed by atoms with Crippen molar-refractivity contribution in [3.05, 3.63) is 0 Å². The van der Waals surface area contributed by atoms with Crippen LogP contribution >= 0.6 is 0 Å². The molecule has 2 atom stereocenters. The van der Waals surface area contributed by atoms with Crippen LogP contribution in [0.2, 0.25) is 0 Å². The van der Waals surface area contributed by atoms with Gasteiger partial charge in [0.2, 0.25) is 0 Å². The molecule has 1 rings (SSSR count). The van der Waals surface area contributed by atoms with E-state index in [9.17, 15) is 4.79 Å². The van der Waals surface area contributed by atoms with Crippen LogP contribution in [-0.2, 0) is 4.79 Å². The van der Waals surface area contributed by atoms with Gasteiger partial charge in [-0.05, 0) is 12.8 Å². The molecular weight excluding hydrogens is 126 g/mol. The summed E-state index contributed by atoms with van der Waals surface area (Å²) in [5.74, 6) is 0.819. The second-order valence-electron chi connectivity index (χ2n) is 3.17. The maximum atomic E-state index is 11.3. The minimum absolute atomic E-state index is 0.170. The average molecular weight is 141 g/mol. The number of hydrogen-bond acceptors (Lipinski definition) is 2. The molecule has 0 spiro atoms. The molecule has 0 aromatic carbocycles. The van der Waals surface area contributed by atoms with Crippen LogP contribution in [0.15, 0.2) is 0 Å². The normalized spacial score (nSPS) is 34.4. The molecule has 0 aromatic heterocycles.